The van der Waals surface area contributed by atoms with E-state index in [1.807, 2.05) is 11.8 Å². The summed E-state index contributed by atoms with van der Waals surface area (Å²) in [5.74, 6) is 1.14. The first-order chi connectivity index (χ1) is 8.12. The lowest BCUT2D eigenvalue weighted by Gasteiger charge is -2.09. The van der Waals surface area contributed by atoms with E-state index in [0.717, 1.165) is 17.1 Å². The first-order valence-corrected chi connectivity index (χ1v) is 8.87. The van der Waals surface area contributed by atoms with E-state index < -0.39 is 10.0 Å². The summed E-state index contributed by atoms with van der Waals surface area (Å²) in [6.07, 6.45) is 2.29. The van der Waals surface area contributed by atoms with Crippen LogP contribution < -0.4 is 10.5 Å². The molecule has 1 saturated heterocycles. The van der Waals surface area contributed by atoms with Crippen LogP contribution in [0.5, 0.6) is 0 Å². The highest BCUT2D eigenvalue weighted by Crippen LogP contribution is 2.26. The number of rotatable bonds is 5. The molecule has 1 unspecified atom stereocenters. The van der Waals surface area contributed by atoms with E-state index in [-0.39, 0.29) is 0 Å². The minimum atomic E-state index is -3.34. The zero-order valence-corrected chi connectivity index (χ0v) is 11.8. The van der Waals surface area contributed by atoms with Crippen LogP contribution in [0.3, 0.4) is 0 Å². The highest BCUT2D eigenvalue weighted by atomic mass is 32.2. The second-order valence-electron chi connectivity index (χ2n) is 3.91. The summed E-state index contributed by atoms with van der Waals surface area (Å²) in [7, 11) is -3.34. The Hall–Kier alpha value is -0.0800. The lowest BCUT2D eigenvalue weighted by molar-refractivity contribution is 0.581. The van der Waals surface area contributed by atoms with Crippen molar-refractivity contribution >= 4 is 33.1 Å². The Morgan fingerprint density at radius 2 is 2.29 bits per heavy atom. The number of nitrogens with two attached hydrogens (primary N) is 1. The van der Waals surface area contributed by atoms with Crippen molar-refractivity contribution in [1.82, 2.24) is 4.72 Å². The van der Waals surface area contributed by atoms with Gasteiger partial charge in [0.2, 0.25) is 10.0 Å². The molecule has 2 rings (SSSR count). The van der Waals surface area contributed by atoms with Gasteiger partial charge >= 0.3 is 0 Å². The summed E-state index contributed by atoms with van der Waals surface area (Å²) in [4.78, 5) is 0.889. The second kappa shape index (κ2) is 5.71. The predicted octanol–water partition coefficient (Wildman–Crippen LogP) is 1.38. The third-order valence-electron chi connectivity index (χ3n) is 2.63. The van der Waals surface area contributed by atoms with Crippen LogP contribution in [0.4, 0.5) is 0 Å². The molecular formula is C10H16N2O2S3. The van der Waals surface area contributed by atoms with Crippen LogP contribution in [0.2, 0.25) is 0 Å². The van der Waals surface area contributed by atoms with Crippen molar-refractivity contribution in [1.29, 1.82) is 0 Å². The minimum absolute atomic E-state index is 0.362. The zero-order chi connectivity index (χ0) is 12.3. The highest BCUT2D eigenvalue weighted by molar-refractivity contribution is 8.00. The molecule has 0 amide bonds. The van der Waals surface area contributed by atoms with Gasteiger partial charge in [-0.3, -0.25) is 0 Å². The molecule has 0 aliphatic carbocycles. The van der Waals surface area contributed by atoms with Gasteiger partial charge in [-0.15, -0.1) is 11.3 Å². The van der Waals surface area contributed by atoms with E-state index in [0.29, 0.717) is 22.5 Å². The average molecular weight is 292 g/mol. The molecule has 1 aliphatic rings. The van der Waals surface area contributed by atoms with E-state index in [2.05, 4.69) is 4.72 Å². The molecule has 1 aromatic rings. The van der Waals surface area contributed by atoms with E-state index in [1.54, 1.807) is 12.1 Å². The fraction of sp³-hybridized carbons (Fsp3) is 0.600. The Bertz CT molecular complexity index is 464. The van der Waals surface area contributed by atoms with Crippen molar-refractivity contribution in [2.75, 3.05) is 12.3 Å². The summed E-state index contributed by atoms with van der Waals surface area (Å²) < 4.78 is 27.0. The summed E-state index contributed by atoms with van der Waals surface area (Å²) >= 11 is 3.08. The van der Waals surface area contributed by atoms with Gasteiger partial charge in [0.25, 0.3) is 0 Å². The van der Waals surface area contributed by atoms with Gasteiger partial charge in [0.1, 0.15) is 4.21 Å². The Balaban J connectivity index is 1.97. The molecule has 2 heterocycles. The smallest absolute Gasteiger partial charge is 0.250 e. The van der Waals surface area contributed by atoms with Gasteiger partial charge in [0, 0.05) is 23.2 Å². The lowest BCUT2D eigenvalue weighted by Crippen LogP contribution is -2.29. The normalized spacial score (nSPS) is 20.9. The van der Waals surface area contributed by atoms with Gasteiger partial charge < -0.3 is 5.73 Å². The van der Waals surface area contributed by atoms with Crippen LogP contribution in [0, 0.1) is 0 Å². The summed E-state index contributed by atoms with van der Waals surface area (Å²) in [6, 6.07) is 3.39. The lowest BCUT2D eigenvalue weighted by atomic mass is 10.2. The van der Waals surface area contributed by atoms with Gasteiger partial charge in [-0.1, -0.05) is 0 Å². The number of hydrogen-bond acceptors (Lipinski definition) is 5. The first-order valence-electron chi connectivity index (χ1n) is 5.52. The van der Waals surface area contributed by atoms with Crippen molar-refractivity contribution in [2.24, 2.45) is 5.73 Å². The maximum atomic E-state index is 12.0. The van der Waals surface area contributed by atoms with E-state index in [9.17, 15) is 8.42 Å². The fourth-order valence-corrected chi connectivity index (χ4v) is 5.36. The van der Waals surface area contributed by atoms with Crippen molar-refractivity contribution in [3.63, 3.8) is 0 Å². The molecule has 1 aromatic heterocycles. The van der Waals surface area contributed by atoms with Crippen LogP contribution in [0.25, 0.3) is 0 Å². The average Bonchev–Trinajstić information content (AvgIpc) is 2.98. The van der Waals surface area contributed by atoms with Gasteiger partial charge in [0.15, 0.2) is 0 Å². The Morgan fingerprint density at radius 1 is 1.47 bits per heavy atom. The summed E-state index contributed by atoms with van der Waals surface area (Å²) in [5, 5.41) is 0.429. The van der Waals surface area contributed by atoms with E-state index >= 15 is 0 Å². The number of nitrogens with one attached hydrogen (secondary N) is 1. The maximum absolute atomic E-state index is 12.0. The molecule has 4 nitrogen and oxygen atoms in total. The largest absolute Gasteiger partial charge is 0.326 e. The van der Waals surface area contributed by atoms with Crippen molar-refractivity contribution < 1.29 is 8.42 Å². The van der Waals surface area contributed by atoms with Crippen molar-refractivity contribution in [3.05, 3.63) is 17.0 Å². The topological polar surface area (TPSA) is 72.2 Å². The molecule has 7 heteroatoms. The first kappa shape index (κ1) is 13.4. The zero-order valence-electron chi connectivity index (χ0n) is 9.39. The van der Waals surface area contributed by atoms with Gasteiger partial charge in [0.05, 0.1) is 0 Å². The number of thioether (sulfide) groups is 1. The molecule has 0 spiro atoms. The SMILES string of the molecule is NCc1ccc(S(=O)(=O)NCC2CCCS2)s1. The van der Waals surface area contributed by atoms with Crippen molar-refractivity contribution in [2.45, 2.75) is 28.8 Å². The monoisotopic (exact) mass is 292 g/mol. The summed E-state index contributed by atoms with van der Waals surface area (Å²) in [6.45, 7) is 0.918. The molecule has 17 heavy (non-hydrogen) atoms. The third-order valence-corrected chi connectivity index (χ3v) is 7.05. The maximum Gasteiger partial charge on any atom is 0.250 e. The Labute approximate surface area is 110 Å². The van der Waals surface area contributed by atoms with Crippen LogP contribution in [0.15, 0.2) is 16.3 Å². The van der Waals surface area contributed by atoms with Crippen LogP contribution in [0.1, 0.15) is 17.7 Å². The number of sulfonamides is 1. The van der Waals surface area contributed by atoms with E-state index in [1.165, 1.54) is 17.8 Å². The predicted molar refractivity (Wildman–Crippen MR) is 72.9 cm³/mol. The van der Waals surface area contributed by atoms with Crippen LogP contribution in [-0.4, -0.2) is 26.0 Å². The standard InChI is InChI=1S/C10H16N2O2S3/c11-6-8-3-4-10(16-8)17(13,14)12-7-9-2-1-5-15-9/h3-4,9,12H,1-2,5-7,11H2. The fourth-order valence-electron chi connectivity index (χ4n) is 1.69. The molecular weight excluding hydrogens is 276 g/mol. The molecule has 96 valence electrons. The van der Waals surface area contributed by atoms with Crippen LogP contribution >= 0.6 is 23.1 Å². The Kier molecular flexibility index (Phi) is 4.48. The van der Waals surface area contributed by atoms with Crippen molar-refractivity contribution in [3.8, 4) is 0 Å². The molecule has 0 bridgehead atoms. The van der Waals surface area contributed by atoms with Gasteiger partial charge in [-0.05, 0) is 30.7 Å². The quantitative estimate of drug-likeness (QED) is 0.860. The number of hydrogen-bond donors (Lipinski definition) is 2. The van der Waals surface area contributed by atoms with Gasteiger partial charge in [-0.2, -0.15) is 11.8 Å². The summed E-state index contributed by atoms with van der Waals surface area (Å²) in [5.41, 5.74) is 5.47. The highest BCUT2D eigenvalue weighted by Gasteiger charge is 2.21. The molecule has 0 radical (unpaired) electrons. The van der Waals surface area contributed by atoms with Gasteiger partial charge in [-0.25, -0.2) is 13.1 Å². The molecule has 1 fully saturated rings. The molecule has 1 aliphatic heterocycles. The second-order valence-corrected chi connectivity index (χ2v) is 8.48. The molecule has 0 aromatic carbocycles. The number of thiophene rings is 1. The molecule has 1 atom stereocenters. The van der Waals surface area contributed by atoms with E-state index in [4.69, 9.17) is 5.73 Å². The minimum Gasteiger partial charge on any atom is -0.326 e. The van der Waals surface area contributed by atoms with Crippen LogP contribution in [-0.2, 0) is 16.6 Å². The molecule has 3 N–H and O–H groups in total. The molecule has 0 saturated carbocycles. The Morgan fingerprint density at radius 3 is 2.88 bits per heavy atom. The third kappa shape index (κ3) is 3.45.